The van der Waals surface area contributed by atoms with Gasteiger partial charge in [-0.15, -0.1) is 0 Å². The summed E-state index contributed by atoms with van der Waals surface area (Å²) >= 11 is 0. The van der Waals surface area contributed by atoms with Crippen molar-refractivity contribution >= 4 is 17.8 Å². The van der Waals surface area contributed by atoms with Crippen molar-refractivity contribution < 1.29 is 14.4 Å². The topological polar surface area (TPSA) is 90.5 Å². The van der Waals surface area contributed by atoms with Crippen LogP contribution in [0.5, 0.6) is 0 Å². The van der Waals surface area contributed by atoms with Crippen molar-refractivity contribution in [1.29, 1.82) is 0 Å². The standard InChI is InChI=1S/C23H34N4O3/c1-22(2)14-17(15-23(3,4)26-22)24-19(28)11-10-18-20(29)27(21(30)25-18)13-12-16-8-6-5-7-9-16/h5-9,17-18,26H,10-15H2,1-4H3,(H,24,28)(H,25,30). The number of nitrogens with one attached hydrogen (secondary N) is 3. The zero-order valence-corrected chi connectivity index (χ0v) is 18.5. The average molecular weight is 415 g/mol. The Kier molecular flexibility index (Phi) is 6.50. The maximum absolute atomic E-state index is 12.6. The number of hydrogen-bond acceptors (Lipinski definition) is 4. The number of hydrogen-bond donors (Lipinski definition) is 3. The fraction of sp³-hybridized carbons (Fsp3) is 0.609. The van der Waals surface area contributed by atoms with Crippen LogP contribution in [0.15, 0.2) is 30.3 Å². The Balaban J connectivity index is 1.47. The maximum Gasteiger partial charge on any atom is 0.324 e. The fourth-order valence-electron chi connectivity index (χ4n) is 4.87. The van der Waals surface area contributed by atoms with Crippen LogP contribution < -0.4 is 16.0 Å². The molecule has 0 radical (unpaired) electrons. The van der Waals surface area contributed by atoms with Crippen molar-refractivity contribution in [3.63, 3.8) is 0 Å². The smallest absolute Gasteiger partial charge is 0.324 e. The number of carbonyl (C=O) groups is 3. The molecular formula is C23H34N4O3. The van der Waals surface area contributed by atoms with Crippen LogP contribution in [-0.2, 0) is 16.0 Å². The summed E-state index contributed by atoms with van der Waals surface area (Å²) in [4.78, 5) is 38.6. The SMILES string of the molecule is CC1(C)CC(NC(=O)CCC2NC(=O)N(CCc3ccccc3)C2=O)CC(C)(C)N1. The van der Waals surface area contributed by atoms with Crippen molar-refractivity contribution in [2.24, 2.45) is 0 Å². The zero-order chi connectivity index (χ0) is 21.9. The molecule has 164 valence electrons. The van der Waals surface area contributed by atoms with Gasteiger partial charge in [-0.1, -0.05) is 30.3 Å². The molecule has 1 aromatic carbocycles. The van der Waals surface area contributed by atoms with E-state index in [4.69, 9.17) is 0 Å². The van der Waals surface area contributed by atoms with E-state index in [-0.39, 0.29) is 41.4 Å². The van der Waals surface area contributed by atoms with Gasteiger partial charge >= 0.3 is 6.03 Å². The largest absolute Gasteiger partial charge is 0.353 e. The van der Waals surface area contributed by atoms with Crippen molar-refractivity contribution in [2.45, 2.75) is 83.0 Å². The van der Waals surface area contributed by atoms with Gasteiger partial charge in [0.1, 0.15) is 6.04 Å². The van der Waals surface area contributed by atoms with Gasteiger partial charge in [-0.2, -0.15) is 0 Å². The van der Waals surface area contributed by atoms with Gasteiger partial charge in [0.15, 0.2) is 0 Å². The highest BCUT2D eigenvalue weighted by Gasteiger charge is 2.39. The second kappa shape index (κ2) is 8.76. The molecule has 1 aromatic rings. The highest BCUT2D eigenvalue weighted by atomic mass is 16.2. The lowest BCUT2D eigenvalue weighted by atomic mass is 9.79. The minimum Gasteiger partial charge on any atom is -0.353 e. The molecule has 1 unspecified atom stereocenters. The molecule has 0 saturated carbocycles. The van der Waals surface area contributed by atoms with Crippen molar-refractivity contribution in [1.82, 2.24) is 20.9 Å². The highest BCUT2D eigenvalue weighted by molar-refractivity contribution is 6.04. The third-order valence-electron chi connectivity index (χ3n) is 5.79. The van der Waals surface area contributed by atoms with Gasteiger partial charge in [-0.05, 0) is 58.9 Å². The number of imide groups is 1. The molecule has 3 rings (SSSR count). The number of rotatable bonds is 7. The number of piperidine rings is 1. The van der Waals surface area contributed by atoms with E-state index >= 15 is 0 Å². The molecule has 2 fully saturated rings. The Hall–Kier alpha value is -2.41. The number of carbonyl (C=O) groups excluding carboxylic acids is 3. The quantitative estimate of drug-likeness (QED) is 0.598. The molecule has 30 heavy (non-hydrogen) atoms. The normalized spacial score (nSPS) is 23.3. The van der Waals surface area contributed by atoms with Crippen molar-refractivity contribution in [3.05, 3.63) is 35.9 Å². The molecule has 7 heteroatoms. The molecule has 7 nitrogen and oxygen atoms in total. The lowest BCUT2D eigenvalue weighted by molar-refractivity contribution is -0.127. The van der Waals surface area contributed by atoms with E-state index in [1.807, 2.05) is 30.3 Å². The fourth-order valence-corrected chi connectivity index (χ4v) is 4.87. The molecule has 0 aromatic heterocycles. The molecule has 3 N–H and O–H groups in total. The first-order valence-electron chi connectivity index (χ1n) is 10.8. The summed E-state index contributed by atoms with van der Waals surface area (Å²) in [7, 11) is 0. The minimum atomic E-state index is -0.625. The molecule has 0 aliphatic carbocycles. The first kappa shape index (κ1) is 22.3. The molecule has 2 heterocycles. The summed E-state index contributed by atoms with van der Waals surface area (Å²) in [6.45, 7) is 8.91. The Morgan fingerprint density at radius 3 is 2.37 bits per heavy atom. The van der Waals surface area contributed by atoms with E-state index in [0.29, 0.717) is 19.4 Å². The van der Waals surface area contributed by atoms with Crippen LogP contribution in [0.3, 0.4) is 0 Å². The first-order chi connectivity index (χ1) is 14.0. The van der Waals surface area contributed by atoms with Gasteiger partial charge in [-0.25, -0.2) is 4.79 Å². The Morgan fingerprint density at radius 1 is 1.10 bits per heavy atom. The first-order valence-corrected chi connectivity index (χ1v) is 10.8. The van der Waals surface area contributed by atoms with Gasteiger partial charge < -0.3 is 16.0 Å². The molecule has 2 aliphatic heterocycles. The number of benzene rings is 1. The van der Waals surface area contributed by atoms with E-state index in [1.54, 1.807) is 0 Å². The predicted octanol–water partition coefficient (Wildman–Crippen LogP) is 2.36. The number of amides is 4. The molecular weight excluding hydrogens is 380 g/mol. The molecule has 0 spiro atoms. The predicted molar refractivity (Wildman–Crippen MR) is 116 cm³/mol. The van der Waals surface area contributed by atoms with Gasteiger partial charge in [0.2, 0.25) is 5.91 Å². The maximum atomic E-state index is 12.6. The van der Waals surface area contributed by atoms with Crippen LogP contribution in [0, 0.1) is 0 Å². The van der Waals surface area contributed by atoms with Gasteiger partial charge in [0.25, 0.3) is 5.91 Å². The van der Waals surface area contributed by atoms with E-state index in [1.165, 1.54) is 4.90 Å². The number of nitrogens with zero attached hydrogens (tertiary/aromatic N) is 1. The molecule has 2 saturated heterocycles. The average Bonchev–Trinajstić information content (AvgIpc) is 2.89. The zero-order valence-electron chi connectivity index (χ0n) is 18.5. The molecule has 2 aliphatic rings. The third kappa shape index (κ3) is 5.81. The summed E-state index contributed by atoms with van der Waals surface area (Å²) in [5.41, 5.74) is 0.983. The summed E-state index contributed by atoms with van der Waals surface area (Å²) < 4.78 is 0. The van der Waals surface area contributed by atoms with Gasteiger partial charge in [0, 0.05) is 30.1 Å². The van der Waals surface area contributed by atoms with Crippen LogP contribution in [0.2, 0.25) is 0 Å². The number of urea groups is 1. The minimum absolute atomic E-state index is 0.0473. The van der Waals surface area contributed by atoms with E-state index in [9.17, 15) is 14.4 Å². The Bertz CT molecular complexity index is 775. The second-order valence-electron chi connectivity index (χ2n) is 9.83. The van der Waals surface area contributed by atoms with E-state index in [2.05, 4.69) is 43.6 Å². The van der Waals surface area contributed by atoms with Crippen LogP contribution in [0.1, 0.15) is 58.9 Å². The Morgan fingerprint density at radius 2 is 1.73 bits per heavy atom. The summed E-state index contributed by atoms with van der Waals surface area (Å²) in [5, 5.41) is 9.45. The van der Waals surface area contributed by atoms with E-state index < -0.39 is 6.04 Å². The van der Waals surface area contributed by atoms with Crippen LogP contribution >= 0.6 is 0 Å². The summed E-state index contributed by atoms with van der Waals surface area (Å²) in [6.07, 6.45) is 2.86. The van der Waals surface area contributed by atoms with Crippen LogP contribution in [0.25, 0.3) is 0 Å². The Labute approximate surface area is 179 Å². The van der Waals surface area contributed by atoms with Crippen LogP contribution in [-0.4, -0.2) is 52.5 Å². The monoisotopic (exact) mass is 414 g/mol. The summed E-state index contributed by atoms with van der Waals surface area (Å²) in [5.74, 6) is -0.314. The second-order valence-corrected chi connectivity index (χ2v) is 9.83. The third-order valence-corrected chi connectivity index (χ3v) is 5.79. The van der Waals surface area contributed by atoms with E-state index in [0.717, 1.165) is 18.4 Å². The highest BCUT2D eigenvalue weighted by Crippen LogP contribution is 2.28. The molecule has 4 amide bonds. The molecule has 1 atom stereocenters. The lowest BCUT2D eigenvalue weighted by Crippen LogP contribution is -2.62. The van der Waals surface area contributed by atoms with Gasteiger partial charge in [-0.3, -0.25) is 14.5 Å². The van der Waals surface area contributed by atoms with Crippen molar-refractivity contribution in [2.75, 3.05) is 6.54 Å². The van der Waals surface area contributed by atoms with Crippen molar-refractivity contribution in [3.8, 4) is 0 Å². The van der Waals surface area contributed by atoms with Gasteiger partial charge in [0.05, 0.1) is 0 Å². The summed E-state index contributed by atoms with van der Waals surface area (Å²) in [6, 6.07) is 8.86. The van der Waals surface area contributed by atoms with Crippen LogP contribution in [0.4, 0.5) is 4.79 Å². The molecule has 0 bridgehead atoms. The lowest BCUT2D eigenvalue weighted by Gasteiger charge is -2.46.